The van der Waals surface area contributed by atoms with Gasteiger partial charge >= 0.3 is 0 Å². The Morgan fingerprint density at radius 3 is 2.11 bits per heavy atom. The summed E-state index contributed by atoms with van der Waals surface area (Å²) in [5.41, 5.74) is 2.59. The van der Waals surface area contributed by atoms with E-state index in [1.54, 1.807) is 37.3 Å². The van der Waals surface area contributed by atoms with Crippen LogP contribution in [0.4, 0.5) is 5.69 Å². The molecule has 0 unspecified atom stereocenters. The summed E-state index contributed by atoms with van der Waals surface area (Å²) in [4.78, 5) is -0.443. The highest BCUT2D eigenvalue weighted by atomic mass is 32.2. The first-order chi connectivity index (χ1) is 13.2. The molecule has 0 fully saturated rings. The summed E-state index contributed by atoms with van der Waals surface area (Å²) in [6.45, 7) is 3.70. The third-order valence-electron chi connectivity index (χ3n) is 4.01. The molecule has 8 heteroatoms. The van der Waals surface area contributed by atoms with Gasteiger partial charge in [-0.1, -0.05) is 17.7 Å². The van der Waals surface area contributed by atoms with Crippen LogP contribution in [0.3, 0.4) is 0 Å². The number of allylic oxidation sites excluding steroid dienone is 1. The maximum atomic E-state index is 12.7. The third kappa shape index (κ3) is 4.56. The number of nitriles is 1. The van der Waals surface area contributed by atoms with E-state index in [0.717, 1.165) is 11.1 Å². The number of nitrogens with one attached hydrogen (secondary N) is 1. The molecule has 28 heavy (non-hydrogen) atoms. The van der Waals surface area contributed by atoms with Gasteiger partial charge in [0.05, 0.1) is 27.0 Å². The lowest BCUT2D eigenvalue weighted by Gasteiger charge is -2.13. The summed E-state index contributed by atoms with van der Waals surface area (Å²) in [7, 11) is 0.296. The lowest BCUT2D eigenvalue weighted by atomic mass is 10.1. The van der Waals surface area contributed by atoms with Crippen molar-refractivity contribution in [2.45, 2.75) is 13.8 Å². The van der Waals surface area contributed by atoms with Gasteiger partial charge in [0.15, 0.2) is 16.4 Å². The molecule has 0 radical (unpaired) electrons. The van der Waals surface area contributed by atoms with Gasteiger partial charge in [-0.25, -0.2) is 8.42 Å². The van der Waals surface area contributed by atoms with Crippen molar-refractivity contribution in [2.75, 3.05) is 26.1 Å². The van der Waals surface area contributed by atoms with Gasteiger partial charge in [0, 0.05) is 0 Å². The van der Waals surface area contributed by atoms with Gasteiger partial charge in [-0.05, 0) is 49.2 Å². The molecule has 0 saturated carbocycles. The standard InChI is InChI=1S/C20H22N2O5S/c1-13-6-7-17(14(2)8-13)22-28(23,24)16(12-21)9-15-10-18(25-3)20(27-5)19(11-15)26-4/h6-11,22H,1-5H3. The number of rotatable bonds is 7. The molecule has 0 bridgehead atoms. The second kappa shape index (κ2) is 8.67. The van der Waals surface area contributed by atoms with Crippen molar-refractivity contribution in [3.8, 4) is 23.3 Å². The SMILES string of the molecule is COc1cc(C=C(C#N)S(=O)(=O)Nc2ccc(C)cc2C)cc(OC)c1OC. The largest absolute Gasteiger partial charge is 0.493 e. The van der Waals surface area contributed by atoms with Crippen LogP contribution in [0.25, 0.3) is 6.08 Å². The Morgan fingerprint density at radius 1 is 1.04 bits per heavy atom. The Labute approximate surface area is 165 Å². The molecule has 148 valence electrons. The van der Waals surface area contributed by atoms with E-state index in [-0.39, 0.29) is 0 Å². The lowest BCUT2D eigenvalue weighted by molar-refractivity contribution is 0.324. The highest BCUT2D eigenvalue weighted by Gasteiger charge is 2.20. The van der Waals surface area contributed by atoms with Crippen LogP contribution in [0, 0.1) is 25.2 Å². The van der Waals surface area contributed by atoms with Gasteiger partial charge in [-0.3, -0.25) is 4.72 Å². The Bertz CT molecular complexity index is 1030. The summed E-state index contributed by atoms with van der Waals surface area (Å²) in [5.74, 6) is 1.08. The van der Waals surface area contributed by atoms with Crippen LogP contribution in [0.5, 0.6) is 17.2 Å². The van der Waals surface area contributed by atoms with E-state index in [4.69, 9.17) is 14.2 Å². The molecule has 0 spiro atoms. The summed E-state index contributed by atoms with van der Waals surface area (Å²) in [5, 5.41) is 9.44. The molecular formula is C20H22N2O5S. The molecule has 0 atom stereocenters. The van der Waals surface area contributed by atoms with Crippen molar-refractivity contribution < 1.29 is 22.6 Å². The molecule has 0 aromatic heterocycles. The monoisotopic (exact) mass is 402 g/mol. The fourth-order valence-corrected chi connectivity index (χ4v) is 3.67. The normalized spacial score (nSPS) is 11.5. The van der Waals surface area contributed by atoms with Gasteiger partial charge in [-0.2, -0.15) is 5.26 Å². The maximum absolute atomic E-state index is 12.7. The zero-order valence-corrected chi connectivity index (χ0v) is 17.2. The van der Waals surface area contributed by atoms with E-state index in [0.29, 0.717) is 28.5 Å². The van der Waals surface area contributed by atoms with Gasteiger partial charge in [0.2, 0.25) is 5.75 Å². The van der Waals surface area contributed by atoms with Crippen LogP contribution < -0.4 is 18.9 Å². The van der Waals surface area contributed by atoms with Gasteiger partial charge in [0.1, 0.15) is 6.07 Å². The minimum atomic E-state index is -4.08. The highest BCUT2D eigenvalue weighted by molar-refractivity contribution is 7.97. The molecule has 7 nitrogen and oxygen atoms in total. The van der Waals surface area contributed by atoms with E-state index in [2.05, 4.69) is 4.72 Å². The van der Waals surface area contributed by atoms with Gasteiger partial charge in [-0.15, -0.1) is 0 Å². The first-order valence-electron chi connectivity index (χ1n) is 8.27. The minimum Gasteiger partial charge on any atom is -0.493 e. The van der Waals surface area contributed by atoms with Crippen LogP contribution in [0.2, 0.25) is 0 Å². The summed E-state index contributed by atoms with van der Waals surface area (Å²) in [6.07, 6.45) is 1.25. The second-order valence-corrected chi connectivity index (χ2v) is 7.65. The molecule has 0 saturated heterocycles. The van der Waals surface area contributed by atoms with Crippen LogP contribution >= 0.6 is 0 Å². The molecule has 0 heterocycles. The van der Waals surface area contributed by atoms with E-state index >= 15 is 0 Å². The van der Waals surface area contributed by atoms with Crippen molar-refractivity contribution >= 4 is 21.8 Å². The highest BCUT2D eigenvalue weighted by Crippen LogP contribution is 2.39. The van der Waals surface area contributed by atoms with E-state index in [1.165, 1.54) is 27.4 Å². The zero-order valence-electron chi connectivity index (χ0n) is 16.4. The van der Waals surface area contributed by atoms with Crippen LogP contribution in [0.15, 0.2) is 35.2 Å². The Balaban J connectivity index is 2.49. The molecule has 2 rings (SSSR count). The van der Waals surface area contributed by atoms with Gasteiger partial charge in [0.25, 0.3) is 10.0 Å². The number of benzene rings is 2. The molecular weight excluding hydrogens is 380 g/mol. The third-order valence-corrected chi connectivity index (χ3v) is 5.29. The maximum Gasteiger partial charge on any atom is 0.272 e. The van der Waals surface area contributed by atoms with Crippen molar-refractivity contribution in [1.29, 1.82) is 5.26 Å². The number of methoxy groups -OCH3 is 3. The molecule has 0 aliphatic rings. The van der Waals surface area contributed by atoms with E-state index in [9.17, 15) is 13.7 Å². The average molecular weight is 402 g/mol. The number of hydrogen-bond acceptors (Lipinski definition) is 6. The fourth-order valence-electron chi connectivity index (χ4n) is 2.63. The number of anilines is 1. The van der Waals surface area contributed by atoms with Crippen molar-refractivity contribution in [1.82, 2.24) is 0 Å². The van der Waals surface area contributed by atoms with Crippen molar-refractivity contribution in [3.05, 3.63) is 51.9 Å². The molecule has 1 N–H and O–H groups in total. The van der Waals surface area contributed by atoms with E-state index in [1.807, 2.05) is 13.0 Å². The first-order valence-corrected chi connectivity index (χ1v) is 9.76. The van der Waals surface area contributed by atoms with Crippen LogP contribution in [-0.4, -0.2) is 29.7 Å². The molecule has 0 aliphatic carbocycles. The lowest BCUT2D eigenvalue weighted by Crippen LogP contribution is -2.15. The fraction of sp³-hybridized carbons (Fsp3) is 0.250. The first kappa shape index (κ1) is 21.1. The predicted octanol–water partition coefficient (Wildman–Crippen LogP) is 3.64. The molecule has 0 amide bonds. The quantitative estimate of drug-likeness (QED) is 0.710. The second-order valence-electron chi connectivity index (χ2n) is 6.00. The Kier molecular flexibility index (Phi) is 6.54. The summed E-state index contributed by atoms with van der Waals surface area (Å²) < 4.78 is 43.7. The van der Waals surface area contributed by atoms with Crippen molar-refractivity contribution in [2.24, 2.45) is 0 Å². The van der Waals surface area contributed by atoms with Gasteiger partial charge < -0.3 is 14.2 Å². The minimum absolute atomic E-state index is 0.352. The number of ether oxygens (including phenoxy) is 3. The predicted molar refractivity (Wildman–Crippen MR) is 108 cm³/mol. The number of sulfonamides is 1. The Morgan fingerprint density at radius 2 is 1.64 bits per heavy atom. The zero-order chi connectivity index (χ0) is 20.9. The molecule has 2 aromatic rings. The number of nitrogens with zero attached hydrogens (tertiary/aromatic N) is 1. The molecule has 2 aromatic carbocycles. The van der Waals surface area contributed by atoms with Crippen LogP contribution in [0.1, 0.15) is 16.7 Å². The number of aryl methyl sites for hydroxylation is 2. The van der Waals surface area contributed by atoms with Crippen molar-refractivity contribution in [3.63, 3.8) is 0 Å². The summed E-state index contributed by atoms with van der Waals surface area (Å²) >= 11 is 0. The molecule has 0 aliphatic heterocycles. The van der Waals surface area contributed by atoms with Crippen LogP contribution in [-0.2, 0) is 10.0 Å². The topological polar surface area (TPSA) is 97.7 Å². The number of hydrogen-bond donors (Lipinski definition) is 1. The Hall–Kier alpha value is -3.18. The smallest absolute Gasteiger partial charge is 0.272 e. The summed E-state index contributed by atoms with van der Waals surface area (Å²) in [6, 6.07) is 10.2. The van der Waals surface area contributed by atoms with E-state index < -0.39 is 14.9 Å². The average Bonchev–Trinajstić information content (AvgIpc) is 2.67.